The number of hydrogen-bond acceptors (Lipinski definition) is 3. The lowest BCUT2D eigenvalue weighted by Crippen LogP contribution is -2.36. The fourth-order valence-corrected chi connectivity index (χ4v) is 2.35. The summed E-state index contributed by atoms with van der Waals surface area (Å²) in [6, 6.07) is 7.23. The average molecular weight is 222 g/mol. The van der Waals surface area contributed by atoms with Crippen molar-refractivity contribution in [1.29, 1.82) is 0 Å². The van der Waals surface area contributed by atoms with Crippen molar-refractivity contribution in [2.24, 2.45) is 11.8 Å². The van der Waals surface area contributed by atoms with Gasteiger partial charge in [0.05, 0.1) is 12.0 Å². The van der Waals surface area contributed by atoms with Crippen LogP contribution in [-0.2, 0) is 11.2 Å². The van der Waals surface area contributed by atoms with Crippen LogP contribution in [0.15, 0.2) is 24.3 Å². The lowest BCUT2D eigenvalue weighted by atomic mass is 9.74. The van der Waals surface area contributed by atoms with Crippen LogP contribution in [0.5, 0.6) is 0 Å². The number of carboxylic acid groups (broad SMARTS) is 1. The van der Waals surface area contributed by atoms with E-state index in [1.165, 1.54) is 0 Å². The van der Waals surface area contributed by atoms with Gasteiger partial charge in [-0.1, -0.05) is 24.3 Å². The zero-order valence-electron chi connectivity index (χ0n) is 8.71. The van der Waals surface area contributed by atoms with E-state index in [-0.39, 0.29) is 6.61 Å². The molecule has 0 saturated heterocycles. The van der Waals surface area contributed by atoms with E-state index in [4.69, 9.17) is 5.11 Å². The molecular formula is C12H14O4. The summed E-state index contributed by atoms with van der Waals surface area (Å²) in [6.07, 6.45) is -0.524. The Bertz CT molecular complexity index is 402. The first-order valence-electron chi connectivity index (χ1n) is 5.24. The Hall–Kier alpha value is -1.39. The van der Waals surface area contributed by atoms with Crippen LogP contribution >= 0.6 is 0 Å². The Kier molecular flexibility index (Phi) is 2.94. The Labute approximate surface area is 93.2 Å². The molecule has 0 heterocycles. The summed E-state index contributed by atoms with van der Waals surface area (Å²) < 4.78 is 0. The van der Waals surface area contributed by atoms with Gasteiger partial charge < -0.3 is 15.3 Å². The summed E-state index contributed by atoms with van der Waals surface area (Å²) in [6.45, 7) is -0.313. The molecule has 0 amide bonds. The van der Waals surface area contributed by atoms with E-state index in [0.29, 0.717) is 6.42 Å². The van der Waals surface area contributed by atoms with Crippen molar-refractivity contribution in [3.63, 3.8) is 0 Å². The van der Waals surface area contributed by atoms with Gasteiger partial charge in [-0.15, -0.1) is 0 Å². The second-order valence-corrected chi connectivity index (χ2v) is 4.14. The molecule has 0 bridgehead atoms. The van der Waals surface area contributed by atoms with Gasteiger partial charge in [0.15, 0.2) is 0 Å². The number of aliphatic carboxylic acids is 1. The van der Waals surface area contributed by atoms with Crippen molar-refractivity contribution in [3.8, 4) is 0 Å². The van der Waals surface area contributed by atoms with E-state index in [0.717, 1.165) is 11.1 Å². The molecule has 0 spiro atoms. The molecule has 0 aromatic heterocycles. The van der Waals surface area contributed by atoms with Crippen LogP contribution in [0.2, 0.25) is 0 Å². The summed E-state index contributed by atoms with van der Waals surface area (Å²) in [5.74, 6) is -2.30. The number of carbonyl (C=O) groups is 1. The highest BCUT2D eigenvalue weighted by molar-refractivity contribution is 5.71. The van der Waals surface area contributed by atoms with Gasteiger partial charge in [0.1, 0.15) is 0 Å². The van der Waals surface area contributed by atoms with Crippen molar-refractivity contribution in [2.75, 3.05) is 6.61 Å². The van der Waals surface area contributed by atoms with Crippen LogP contribution in [0, 0.1) is 11.8 Å². The lowest BCUT2D eigenvalue weighted by Gasteiger charge is -2.33. The third-order valence-electron chi connectivity index (χ3n) is 3.26. The van der Waals surface area contributed by atoms with Crippen LogP contribution in [0.3, 0.4) is 0 Å². The monoisotopic (exact) mass is 222 g/mol. The highest BCUT2D eigenvalue weighted by atomic mass is 16.4. The molecule has 16 heavy (non-hydrogen) atoms. The predicted molar refractivity (Wildman–Crippen MR) is 56.8 cm³/mol. The standard InChI is InChI=1S/C12H14O4/c13-6-10-9(12(15)16)5-7-3-1-2-4-8(7)11(10)14/h1-4,9-11,13-14H,5-6H2,(H,15,16)/t9-,10+,11+/m0/s1. The first-order valence-corrected chi connectivity index (χ1v) is 5.24. The minimum absolute atomic E-state index is 0.313. The van der Waals surface area contributed by atoms with Crippen LogP contribution < -0.4 is 0 Å². The van der Waals surface area contributed by atoms with Crippen LogP contribution in [0.1, 0.15) is 17.2 Å². The average Bonchev–Trinajstić information content (AvgIpc) is 2.29. The van der Waals surface area contributed by atoms with Crippen LogP contribution in [-0.4, -0.2) is 27.9 Å². The second kappa shape index (κ2) is 4.23. The van der Waals surface area contributed by atoms with Crippen LogP contribution in [0.25, 0.3) is 0 Å². The molecule has 0 fully saturated rings. The van der Waals surface area contributed by atoms with Gasteiger partial charge in [-0.2, -0.15) is 0 Å². The van der Waals surface area contributed by atoms with E-state index in [9.17, 15) is 15.0 Å². The van der Waals surface area contributed by atoms with E-state index in [2.05, 4.69) is 0 Å². The molecule has 0 radical (unpaired) electrons. The topological polar surface area (TPSA) is 77.8 Å². The van der Waals surface area contributed by atoms with E-state index < -0.39 is 23.9 Å². The number of benzene rings is 1. The lowest BCUT2D eigenvalue weighted by molar-refractivity contribution is -0.147. The normalized spacial score (nSPS) is 28.5. The predicted octanol–water partition coefficient (Wildman–Crippen LogP) is 0.585. The minimum Gasteiger partial charge on any atom is -0.481 e. The van der Waals surface area contributed by atoms with Crippen molar-refractivity contribution >= 4 is 5.97 Å². The molecule has 4 nitrogen and oxygen atoms in total. The van der Waals surface area contributed by atoms with E-state index >= 15 is 0 Å². The Morgan fingerprint density at radius 1 is 1.38 bits per heavy atom. The van der Waals surface area contributed by atoms with Gasteiger partial charge in [-0.3, -0.25) is 4.79 Å². The molecule has 0 saturated carbocycles. The quantitative estimate of drug-likeness (QED) is 0.684. The third-order valence-corrected chi connectivity index (χ3v) is 3.26. The van der Waals surface area contributed by atoms with Gasteiger partial charge in [0.2, 0.25) is 0 Å². The third kappa shape index (κ3) is 1.70. The largest absolute Gasteiger partial charge is 0.481 e. The maximum absolute atomic E-state index is 11.1. The number of aliphatic hydroxyl groups excluding tert-OH is 2. The molecule has 1 aliphatic rings. The van der Waals surface area contributed by atoms with E-state index in [1.807, 2.05) is 12.1 Å². The highest BCUT2D eigenvalue weighted by Crippen LogP contribution is 2.37. The molecule has 0 unspecified atom stereocenters. The van der Waals surface area contributed by atoms with Gasteiger partial charge in [0, 0.05) is 12.5 Å². The van der Waals surface area contributed by atoms with Crippen molar-refractivity contribution in [2.45, 2.75) is 12.5 Å². The summed E-state index contributed by atoms with van der Waals surface area (Å²) >= 11 is 0. The summed E-state index contributed by atoms with van der Waals surface area (Å²) in [5, 5.41) is 28.3. The Morgan fingerprint density at radius 2 is 2.06 bits per heavy atom. The zero-order chi connectivity index (χ0) is 11.7. The highest BCUT2D eigenvalue weighted by Gasteiger charge is 2.38. The van der Waals surface area contributed by atoms with Crippen molar-refractivity contribution in [3.05, 3.63) is 35.4 Å². The maximum atomic E-state index is 11.1. The Balaban J connectivity index is 2.41. The molecule has 0 aliphatic heterocycles. The van der Waals surface area contributed by atoms with Crippen molar-refractivity contribution < 1.29 is 20.1 Å². The number of hydrogen-bond donors (Lipinski definition) is 3. The fourth-order valence-electron chi connectivity index (χ4n) is 2.35. The minimum atomic E-state index is -0.965. The van der Waals surface area contributed by atoms with Gasteiger partial charge >= 0.3 is 5.97 Å². The number of fused-ring (bicyclic) bond motifs is 1. The molecule has 3 N–H and O–H groups in total. The number of carboxylic acids is 1. The number of aliphatic hydroxyl groups is 2. The molecule has 3 atom stereocenters. The molecule has 2 rings (SSSR count). The molecule has 4 heteroatoms. The molecule has 1 aromatic carbocycles. The summed E-state index contributed by atoms with van der Waals surface area (Å²) in [5.41, 5.74) is 1.59. The SMILES string of the molecule is O=C(O)[C@H]1Cc2ccccc2[C@@H](O)[C@@H]1CO. The van der Waals surface area contributed by atoms with E-state index in [1.54, 1.807) is 12.1 Å². The van der Waals surface area contributed by atoms with Gasteiger partial charge in [-0.25, -0.2) is 0 Å². The molecule has 86 valence electrons. The molecular weight excluding hydrogens is 208 g/mol. The number of rotatable bonds is 2. The molecule has 1 aromatic rings. The first-order chi connectivity index (χ1) is 7.65. The second-order valence-electron chi connectivity index (χ2n) is 4.14. The van der Waals surface area contributed by atoms with Gasteiger partial charge in [-0.05, 0) is 17.5 Å². The van der Waals surface area contributed by atoms with Gasteiger partial charge in [0.25, 0.3) is 0 Å². The fraction of sp³-hybridized carbons (Fsp3) is 0.417. The maximum Gasteiger partial charge on any atom is 0.307 e. The van der Waals surface area contributed by atoms with Crippen molar-refractivity contribution in [1.82, 2.24) is 0 Å². The Morgan fingerprint density at radius 3 is 2.69 bits per heavy atom. The zero-order valence-corrected chi connectivity index (χ0v) is 8.71. The first kappa shape index (κ1) is 11.1. The summed E-state index contributed by atoms with van der Waals surface area (Å²) in [7, 11) is 0. The van der Waals surface area contributed by atoms with Crippen LogP contribution in [0.4, 0.5) is 0 Å². The smallest absolute Gasteiger partial charge is 0.307 e. The summed E-state index contributed by atoms with van der Waals surface area (Å²) in [4.78, 5) is 11.1. The molecule has 1 aliphatic carbocycles.